The van der Waals surface area contributed by atoms with Gasteiger partial charge >= 0.3 is 0 Å². The van der Waals surface area contributed by atoms with Crippen LogP contribution in [0.25, 0.3) is 0 Å². The van der Waals surface area contributed by atoms with Crippen molar-refractivity contribution in [2.24, 2.45) is 0 Å². The maximum atomic E-state index is 9.45. The molecule has 0 fully saturated rings. The van der Waals surface area contributed by atoms with Gasteiger partial charge in [0.25, 0.3) is 0 Å². The van der Waals surface area contributed by atoms with Crippen molar-refractivity contribution < 1.29 is 15.3 Å². The summed E-state index contributed by atoms with van der Waals surface area (Å²) in [4.78, 5) is 0. The molecule has 0 spiro atoms. The Morgan fingerprint density at radius 1 is 0.947 bits per heavy atom. The molecule has 0 radical (unpaired) electrons. The molecule has 0 aliphatic rings. The van der Waals surface area contributed by atoms with E-state index in [9.17, 15) is 5.11 Å². The summed E-state index contributed by atoms with van der Waals surface area (Å²) in [7, 11) is 0. The second-order valence-corrected chi connectivity index (χ2v) is 5.28. The van der Waals surface area contributed by atoms with Crippen LogP contribution in [0, 0.1) is 0 Å². The van der Waals surface area contributed by atoms with Crippen molar-refractivity contribution in [3.8, 4) is 5.75 Å². The van der Waals surface area contributed by atoms with Gasteiger partial charge in [-0.25, -0.2) is 0 Å². The molecule has 3 nitrogen and oxygen atoms in total. The maximum absolute atomic E-state index is 9.45. The highest BCUT2D eigenvalue weighted by atomic mass is 16.3. The minimum Gasteiger partial charge on any atom is -0.508 e. The molecule has 0 saturated heterocycles. The van der Waals surface area contributed by atoms with Gasteiger partial charge in [-0.15, -0.1) is 0 Å². The van der Waals surface area contributed by atoms with E-state index in [1.54, 1.807) is 6.07 Å². The van der Waals surface area contributed by atoms with Crippen molar-refractivity contribution in [3.63, 3.8) is 0 Å². The van der Waals surface area contributed by atoms with Crippen molar-refractivity contribution in [2.45, 2.75) is 52.9 Å². The molecule has 0 saturated carbocycles. The Morgan fingerprint density at radius 2 is 1.37 bits per heavy atom. The van der Waals surface area contributed by atoms with Crippen LogP contribution in [-0.2, 0) is 5.41 Å². The third kappa shape index (κ3) is 11.7. The van der Waals surface area contributed by atoms with Crippen molar-refractivity contribution >= 4 is 0 Å². The Kier molecular flexibility index (Phi) is 12.8. The van der Waals surface area contributed by atoms with Gasteiger partial charge in [0.1, 0.15) is 5.75 Å². The first-order valence-corrected chi connectivity index (χ1v) is 6.85. The fourth-order valence-corrected chi connectivity index (χ4v) is 1.18. The lowest BCUT2D eigenvalue weighted by atomic mass is 9.86. The highest BCUT2D eigenvalue weighted by Gasteiger charge is 2.16. The van der Waals surface area contributed by atoms with E-state index in [2.05, 4.69) is 34.6 Å². The number of para-hydroxylation sites is 1. The summed E-state index contributed by atoms with van der Waals surface area (Å²) < 4.78 is 0. The fraction of sp³-hybridized carbons (Fsp3) is 0.625. The highest BCUT2D eigenvalue weighted by Crippen LogP contribution is 2.29. The highest BCUT2D eigenvalue weighted by molar-refractivity contribution is 5.36. The monoisotopic (exact) mass is 270 g/mol. The second kappa shape index (κ2) is 12.0. The smallest absolute Gasteiger partial charge is 0.119 e. The van der Waals surface area contributed by atoms with Crippen LogP contribution in [0.4, 0.5) is 0 Å². The summed E-state index contributed by atoms with van der Waals surface area (Å²) in [5.74, 6) is 0.389. The number of benzene rings is 1. The molecule has 0 bridgehead atoms. The van der Waals surface area contributed by atoms with Crippen LogP contribution < -0.4 is 0 Å². The molecule has 1 rings (SSSR count). The standard InChI is InChI=1S/C10H14O.C3H8O2.C3H8/c1-10(2,3)8-6-4-5-7-9(8)11;4-2-1-3-5;1-3-2/h4-7,11H,1-3H3;4-5H,1-3H2;3H2,1-2H3. The SMILES string of the molecule is CC(C)(C)c1ccccc1O.CCC.OCCCO. The molecule has 0 unspecified atom stereocenters. The zero-order chi connectivity index (χ0) is 15.3. The summed E-state index contributed by atoms with van der Waals surface area (Å²) in [5, 5.41) is 25.3. The number of hydrogen-bond acceptors (Lipinski definition) is 3. The molecule has 1 aromatic rings. The summed E-state index contributed by atoms with van der Waals surface area (Å²) in [6.07, 6.45) is 1.75. The van der Waals surface area contributed by atoms with Crippen molar-refractivity contribution in [1.82, 2.24) is 0 Å². The van der Waals surface area contributed by atoms with Gasteiger partial charge in [0.2, 0.25) is 0 Å². The number of rotatable bonds is 2. The molecule has 0 amide bonds. The van der Waals surface area contributed by atoms with E-state index in [4.69, 9.17) is 10.2 Å². The van der Waals surface area contributed by atoms with Crippen LogP contribution in [0.2, 0.25) is 0 Å². The van der Waals surface area contributed by atoms with E-state index >= 15 is 0 Å². The topological polar surface area (TPSA) is 60.7 Å². The average Bonchev–Trinajstić information content (AvgIpc) is 2.31. The predicted molar refractivity (Wildman–Crippen MR) is 81.6 cm³/mol. The van der Waals surface area contributed by atoms with Crippen LogP contribution in [0.3, 0.4) is 0 Å². The van der Waals surface area contributed by atoms with Crippen LogP contribution in [0.15, 0.2) is 24.3 Å². The van der Waals surface area contributed by atoms with Crippen molar-refractivity contribution in [3.05, 3.63) is 29.8 Å². The van der Waals surface area contributed by atoms with Gasteiger partial charge in [-0.3, -0.25) is 0 Å². The number of aliphatic hydroxyl groups excluding tert-OH is 2. The van der Waals surface area contributed by atoms with Gasteiger partial charge in [0, 0.05) is 13.2 Å². The van der Waals surface area contributed by atoms with Gasteiger partial charge in [0.15, 0.2) is 0 Å². The first kappa shape index (κ1) is 20.3. The molecule has 3 heteroatoms. The minimum atomic E-state index is 0.0331. The lowest BCUT2D eigenvalue weighted by Gasteiger charge is -2.19. The molecule has 3 N–H and O–H groups in total. The first-order chi connectivity index (χ1) is 8.84. The van der Waals surface area contributed by atoms with Gasteiger partial charge in [-0.2, -0.15) is 0 Å². The molecule has 0 aliphatic heterocycles. The summed E-state index contributed by atoms with van der Waals surface area (Å²) in [5.41, 5.74) is 1.03. The van der Waals surface area contributed by atoms with E-state index in [1.807, 2.05) is 18.2 Å². The Labute approximate surface area is 117 Å². The number of phenols is 1. The largest absolute Gasteiger partial charge is 0.508 e. The van der Waals surface area contributed by atoms with E-state index in [1.165, 1.54) is 6.42 Å². The average molecular weight is 270 g/mol. The Morgan fingerprint density at radius 3 is 1.58 bits per heavy atom. The number of aliphatic hydroxyl groups is 2. The quantitative estimate of drug-likeness (QED) is 0.771. The van der Waals surface area contributed by atoms with Gasteiger partial charge in [-0.05, 0) is 23.5 Å². The van der Waals surface area contributed by atoms with Crippen LogP contribution >= 0.6 is 0 Å². The van der Waals surface area contributed by atoms with Crippen LogP contribution in [-0.4, -0.2) is 28.5 Å². The molecule has 112 valence electrons. The maximum Gasteiger partial charge on any atom is 0.119 e. The summed E-state index contributed by atoms with van der Waals surface area (Å²) in [6, 6.07) is 7.46. The lowest BCUT2D eigenvalue weighted by Crippen LogP contribution is -2.10. The van der Waals surface area contributed by atoms with E-state index in [0.29, 0.717) is 12.2 Å². The van der Waals surface area contributed by atoms with E-state index in [0.717, 1.165) is 5.56 Å². The van der Waals surface area contributed by atoms with Gasteiger partial charge < -0.3 is 15.3 Å². The van der Waals surface area contributed by atoms with E-state index in [-0.39, 0.29) is 18.6 Å². The Bertz CT molecular complexity index is 301. The molecule has 0 heterocycles. The van der Waals surface area contributed by atoms with Gasteiger partial charge in [-0.1, -0.05) is 59.2 Å². The first-order valence-electron chi connectivity index (χ1n) is 6.85. The fourth-order valence-electron chi connectivity index (χ4n) is 1.18. The molecule has 19 heavy (non-hydrogen) atoms. The minimum absolute atomic E-state index is 0.0331. The van der Waals surface area contributed by atoms with Gasteiger partial charge in [0.05, 0.1) is 0 Å². The molecule has 0 atom stereocenters. The van der Waals surface area contributed by atoms with E-state index < -0.39 is 0 Å². The predicted octanol–water partition coefficient (Wildman–Crippen LogP) is 3.47. The third-order valence-corrected chi connectivity index (χ3v) is 2.03. The lowest BCUT2D eigenvalue weighted by molar-refractivity contribution is 0.221. The Hall–Kier alpha value is -1.06. The zero-order valence-corrected chi connectivity index (χ0v) is 13.0. The molecule has 0 aliphatic carbocycles. The van der Waals surface area contributed by atoms with Crippen molar-refractivity contribution in [1.29, 1.82) is 0 Å². The molecule has 0 aromatic heterocycles. The second-order valence-electron chi connectivity index (χ2n) is 5.28. The molecule has 1 aromatic carbocycles. The number of phenolic OH excluding ortho intramolecular Hbond substituents is 1. The molecular weight excluding hydrogens is 240 g/mol. The summed E-state index contributed by atoms with van der Waals surface area (Å²) >= 11 is 0. The van der Waals surface area contributed by atoms with Crippen LogP contribution in [0.1, 0.15) is 53.0 Å². The third-order valence-electron chi connectivity index (χ3n) is 2.03. The number of hydrogen-bond donors (Lipinski definition) is 3. The Balaban J connectivity index is 0. The zero-order valence-electron chi connectivity index (χ0n) is 13.0. The number of aromatic hydroxyl groups is 1. The normalized spacial score (nSPS) is 9.84. The molecular formula is C16H30O3. The van der Waals surface area contributed by atoms with Crippen molar-refractivity contribution in [2.75, 3.05) is 13.2 Å². The summed E-state index contributed by atoms with van der Waals surface area (Å²) in [6.45, 7) is 10.7. The van der Waals surface area contributed by atoms with Crippen LogP contribution in [0.5, 0.6) is 5.75 Å².